The first-order valence-corrected chi connectivity index (χ1v) is 11.8. The van der Waals surface area contributed by atoms with Gasteiger partial charge in [-0.05, 0) is 71.1 Å². The van der Waals surface area contributed by atoms with Crippen molar-refractivity contribution in [3.63, 3.8) is 0 Å². The predicted molar refractivity (Wildman–Crippen MR) is 142 cm³/mol. The van der Waals surface area contributed by atoms with Gasteiger partial charge in [0.25, 0.3) is 0 Å². The van der Waals surface area contributed by atoms with Crippen LogP contribution in [0, 0.1) is 6.92 Å². The van der Waals surface area contributed by atoms with Gasteiger partial charge in [0.2, 0.25) is 0 Å². The second kappa shape index (κ2) is 9.90. The number of carbonyl (C=O) groups excluding carboxylic acids is 1. The molecule has 2 radical (unpaired) electrons. The standard InChI is InChI=1S/C32H30O4/c1-22-6-8-23(9-7-22)31(2,3)25-12-18-28(19-13-25)35-30(34)36-29-20-14-26(15-21-29)32(4,5)24-10-16-27(33)17-11-24/h1,6-21,33H,2-5H3. The van der Waals surface area contributed by atoms with E-state index in [0.717, 1.165) is 27.8 Å². The summed E-state index contributed by atoms with van der Waals surface area (Å²) in [6, 6.07) is 29.7. The molecule has 36 heavy (non-hydrogen) atoms. The number of hydrogen-bond acceptors (Lipinski definition) is 4. The second-order valence-electron chi connectivity index (χ2n) is 9.92. The van der Waals surface area contributed by atoms with Gasteiger partial charge in [-0.2, -0.15) is 0 Å². The SMILES string of the molecule is [CH]c1ccc(C(C)(C)c2ccc(OC(=O)Oc3ccc(C(C)(C)c4ccc(O)cc4)cc3)cc2)cc1. The number of aromatic hydroxyl groups is 1. The lowest BCUT2D eigenvalue weighted by atomic mass is 9.78. The molecule has 0 heterocycles. The molecule has 0 fully saturated rings. The van der Waals surface area contributed by atoms with Crippen molar-refractivity contribution in [2.24, 2.45) is 0 Å². The van der Waals surface area contributed by atoms with E-state index in [1.54, 1.807) is 36.4 Å². The Kier molecular flexibility index (Phi) is 6.89. The summed E-state index contributed by atoms with van der Waals surface area (Å²) >= 11 is 0. The van der Waals surface area contributed by atoms with E-state index in [9.17, 15) is 9.90 Å². The van der Waals surface area contributed by atoms with Gasteiger partial charge in [0.15, 0.2) is 0 Å². The van der Waals surface area contributed by atoms with Gasteiger partial charge >= 0.3 is 6.16 Å². The van der Waals surface area contributed by atoms with Crippen molar-refractivity contribution in [3.8, 4) is 17.2 Å². The number of rotatable bonds is 6. The number of phenols is 1. The van der Waals surface area contributed by atoms with Crippen molar-refractivity contribution in [2.45, 2.75) is 38.5 Å². The topological polar surface area (TPSA) is 55.8 Å². The van der Waals surface area contributed by atoms with Crippen LogP contribution in [-0.2, 0) is 10.8 Å². The van der Waals surface area contributed by atoms with Gasteiger partial charge in [0.1, 0.15) is 17.2 Å². The van der Waals surface area contributed by atoms with E-state index in [-0.39, 0.29) is 16.6 Å². The Morgan fingerprint density at radius 2 is 0.889 bits per heavy atom. The highest BCUT2D eigenvalue weighted by Crippen LogP contribution is 2.34. The number of ether oxygens (including phenoxy) is 2. The van der Waals surface area contributed by atoms with Gasteiger partial charge in [0, 0.05) is 10.8 Å². The summed E-state index contributed by atoms with van der Waals surface area (Å²) in [6.45, 7) is 14.3. The Morgan fingerprint density at radius 1 is 0.583 bits per heavy atom. The molecule has 4 aromatic rings. The normalized spacial score (nSPS) is 11.7. The molecule has 0 amide bonds. The molecule has 4 nitrogen and oxygen atoms in total. The molecule has 0 bridgehead atoms. The molecule has 4 rings (SSSR count). The van der Waals surface area contributed by atoms with Crippen LogP contribution in [0.4, 0.5) is 4.79 Å². The van der Waals surface area contributed by atoms with Gasteiger partial charge < -0.3 is 14.6 Å². The third-order valence-electron chi connectivity index (χ3n) is 6.78. The minimum absolute atomic E-state index is 0.233. The molecule has 0 spiro atoms. The second-order valence-corrected chi connectivity index (χ2v) is 9.92. The molecule has 1 N–H and O–H groups in total. The lowest BCUT2D eigenvalue weighted by Gasteiger charge is -2.26. The maximum atomic E-state index is 12.4. The Labute approximate surface area is 213 Å². The van der Waals surface area contributed by atoms with Crippen LogP contribution < -0.4 is 9.47 Å². The van der Waals surface area contributed by atoms with Gasteiger partial charge in [-0.3, -0.25) is 0 Å². The van der Waals surface area contributed by atoms with Crippen molar-refractivity contribution < 1.29 is 19.4 Å². The summed E-state index contributed by atoms with van der Waals surface area (Å²) < 4.78 is 10.8. The minimum Gasteiger partial charge on any atom is -0.508 e. The van der Waals surface area contributed by atoms with E-state index in [2.05, 4.69) is 27.7 Å². The monoisotopic (exact) mass is 478 g/mol. The van der Waals surface area contributed by atoms with Crippen LogP contribution in [0.5, 0.6) is 17.2 Å². The minimum atomic E-state index is -0.800. The molecule has 0 aromatic heterocycles. The number of carbonyl (C=O) groups is 1. The molecular formula is C32H30O4. The summed E-state index contributed by atoms with van der Waals surface area (Å²) in [5.41, 5.74) is 4.55. The van der Waals surface area contributed by atoms with Gasteiger partial charge in [-0.1, -0.05) is 88.4 Å². The van der Waals surface area contributed by atoms with Crippen LogP contribution in [0.2, 0.25) is 0 Å². The van der Waals surface area contributed by atoms with E-state index in [4.69, 9.17) is 16.4 Å². The first-order valence-electron chi connectivity index (χ1n) is 11.8. The summed E-state index contributed by atoms with van der Waals surface area (Å²) in [5, 5.41) is 9.56. The summed E-state index contributed by atoms with van der Waals surface area (Å²) in [7, 11) is 0. The van der Waals surface area contributed by atoms with Crippen LogP contribution in [0.25, 0.3) is 0 Å². The lowest BCUT2D eigenvalue weighted by molar-refractivity contribution is 0.152. The summed E-state index contributed by atoms with van der Waals surface area (Å²) in [6.07, 6.45) is -0.800. The van der Waals surface area contributed by atoms with Crippen molar-refractivity contribution in [2.75, 3.05) is 0 Å². The van der Waals surface area contributed by atoms with Crippen molar-refractivity contribution in [1.82, 2.24) is 0 Å². The highest BCUT2D eigenvalue weighted by molar-refractivity contribution is 5.67. The molecule has 4 aromatic carbocycles. The van der Waals surface area contributed by atoms with E-state index >= 15 is 0 Å². The fraction of sp³-hybridized carbons (Fsp3) is 0.188. The number of hydrogen-bond donors (Lipinski definition) is 1. The molecule has 0 saturated carbocycles. The van der Waals surface area contributed by atoms with E-state index in [0.29, 0.717) is 11.5 Å². The highest BCUT2D eigenvalue weighted by Gasteiger charge is 2.24. The van der Waals surface area contributed by atoms with Crippen LogP contribution >= 0.6 is 0 Å². The lowest BCUT2D eigenvalue weighted by Crippen LogP contribution is -2.19. The van der Waals surface area contributed by atoms with Crippen LogP contribution in [0.1, 0.15) is 55.5 Å². The first-order chi connectivity index (χ1) is 17.1. The molecule has 0 unspecified atom stereocenters. The summed E-state index contributed by atoms with van der Waals surface area (Å²) in [4.78, 5) is 12.4. The average molecular weight is 479 g/mol. The first kappa shape index (κ1) is 25.1. The third kappa shape index (κ3) is 5.44. The van der Waals surface area contributed by atoms with Crippen molar-refractivity contribution in [3.05, 3.63) is 132 Å². The molecule has 0 aliphatic rings. The molecule has 4 heteroatoms. The van der Waals surface area contributed by atoms with E-state index in [1.165, 1.54) is 0 Å². The molecule has 0 aliphatic heterocycles. The Morgan fingerprint density at radius 3 is 1.25 bits per heavy atom. The molecule has 0 aliphatic carbocycles. The fourth-order valence-electron chi connectivity index (χ4n) is 4.20. The Balaban J connectivity index is 1.39. The maximum absolute atomic E-state index is 12.4. The van der Waals surface area contributed by atoms with Crippen LogP contribution in [0.15, 0.2) is 97.1 Å². The van der Waals surface area contributed by atoms with Crippen molar-refractivity contribution >= 4 is 6.16 Å². The zero-order valence-corrected chi connectivity index (χ0v) is 21.0. The van der Waals surface area contributed by atoms with Crippen LogP contribution in [-0.4, -0.2) is 11.3 Å². The maximum Gasteiger partial charge on any atom is 0.519 e. The predicted octanol–water partition coefficient (Wildman–Crippen LogP) is 7.68. The third-order valence-corrected chi connectivity index (χ3v) is 6.78. The number of phenolic OH excluding ortho intramolecular Hbond substituents is 1. The molecule has 0 atom stereocenters. The Bertz CT molecular complexity index is 1210. The Hall–Kier alpha value is -4.05. The quantitative estimate of drug-likeness (QED) is 0.228. The van der Waals surface area contributed by atoms with E-state index < -0.39 is 6.16 Å². The summed E-state index contributed by atoms with van der Waals surface area (Å²) in [5.74, 6) is 1.03. The zero-order valence-electron chi connectivity index (χ0n) is 21.0. The smallest absolute Gasteiger partial charge is 0.508 e. The van der Waals surface area contributed by atoms with E-state index in [1.807, 2.05) is 60.7 Å². The average Bonchev–Trinajstić information content (AvgIpc) is 2.85. The molecule has 182 valence electrons. The number of benzene rings is 4. The zero-order chi connectivity index (χ0) is 25.9. The fourth-order valence-corrected chi connectivity index (χ4v) is 4.20. The largest absolute Gasteiger partial charge is 0.519 e. The van der Waals surface area contributed by atoms with Gasteiger partial charge in [-0.25, -0.2) is 4.79 Å². The van der Waals surface area contributed by atoms with Crippen molar-refractivity contribution in [1.29, 1.82) is 0 Å². The molecular weight excluding hydrogens is 448 g/mol. The van der Waals surface area contributed by atoms with Crippen LogP contribution in [0.3, 0.4) is 0 Å². The molecule has 0 saturated heterocycles. The highest BCUT2D eigenvalue weighted by atomic mass is 16.7. The van der Waals surface area contributed by atoms with Gasteiger partial charge in [-0.15, -0.1) is 0 Å². The van der Waals surface area contributed by atoms with Gasteiger partial charge in [0.05, 0.1) is 0 Å².